The van der Waals surface area contributed by atoms with Crippen LogP contribution < -0.4 is 0 Å². The Bertz CT molecular complexity index is 238. The van der Waals surface area contributed by atoms with E-state index in [1.54, 1.807) is 0 Å². The summed E-state index contributed by atoms with van der Waals surface area (Å²) < 4.78 is 6.00. The number of rotatable bonds is 16. The van der Waals surface area contributed by atoms with Crippen molar-refractivity contribution in [2.24, 2.45) is 0 Å². The molecule has 5 heteroatoms. The molecule has 0 radical (unpaired) electrons. The molecular weight excluding hydrogens is 302 g/mol. The second-order valence-electron chi connectivity index (χ2n) is 7.33. The van der Waals surface area contributed by atoms with Crippen molar-refractivity contribution in [3.05, 3.63) is 0 Å². The molecule has 0 aliphatic heterocycles. The average Bonchev–Trinajstić information content (AvgIpc) is 2.45. The van der Waals surface area contributed by atoms with Crippen molar-refractivity contribution in [1.82, 2.24) is 14.7 Å². The van der Waals surface area contributed by atoms with Crippen molar-refractivity contribution in [3.63, 3.8) is 0 Å². The maximum absolute atomic E-state index is 6.00. The van der Waals surface area contributed by atoms with Crippen LogP contribution in [0.4, 0.5) is 0 Å². The van der Waals surface area contributed by atoms with Gasteiger partial charge >= 0.3 is 0 Å². The van der Waals surface area contributed by atoms with E-state index in [0.717, 1.165) is 0 Å². The zero-order chi connectivity index (χ0) is 17.5. The smallest absolute Gasteiger partial charge is 0.162 e. The third-order valence-corrected chi connectivity index (χ3v) is 5.72. The first-order chi connectivity index (χ1) is 11.0. The fraction of sp³-hybridized carbons (Fsp3) is 1.00. The molecule has 0 saturated heterocycles. The molecule has 140 valence electrons. The highest BCUT2D eigenvalue weighted by Crippen LogP contribution is 2.04. The van der Waals surface area contributed by atoms with Crippen LogP contribution in [0, 0.1) is 0 Å². The number of nitrogens with zero attached hydrogens (tertiary/aromatic N) is 3. The van der Waals surface area contributed by atoms with Gasteiger partial charge < -0.3 is 19.1 Å². The molecule has 23 heavy (non-hydrogen) atoms. The Morgan fingerprint density at radius 1 is 0.826 bits per heavy atom. The van der Waals surface area contributed by atoms with Gasteiger partial charge in [0.25, 0.3) is 0 Å². The van der Waals surface area contributed by atoms with Gasteiger partial charge in [0.15, 0.2) is 9.76 Å². The second kappa shape index (κ2) is 15.6. The predicted molar refractivity (Wildman–Crippen MR) is 106 cm³/mol. The summed E-state index contributed by atoms with van der Waals surface area (Å²) in [6.45, 7) is 10.6. The van der Waals surface area contributed by atoms with Crippen LogP contribution in [-0.2, 0) is 4.43 Å². The van der Waals surface area contributed by atoms with E-state index < -0.39 is 0 Å². The van der Waals surface area contributed by atoms with Crippen LogP contribution in [-0.4, -0.2) is 91.5 Å². The van der Waals surface area contributed by atoms with E-state index in [4.69, 9.17) is 4.43 Å². The van der Waals surface area contributed by atoms with Gasteiger partial charge in [-0.1, -0.05) is 13.3 Å². The number of hydrogen-bond donors (Lipinski definition) is 0. The zero-order valence-electron chi connectivity index (χ0n) is 16.8. The fourth-order valence-corrected chi connectivity index (χ4v) is 3.93. The Balaban J connectivity index is 3.85. The first-order valence-corrected chi connectivity index (χ1v) is 11.2. The average molecular weight is 346 g/mol. The van der Waals surface area contributed by atoms with E-state index in [2.05, 4.69) is 56.7 Å². The molecule has 0 spiro atoms. The lowest BCUT2D eigenvalue weighted by Gasteiger charge is -2.24. The van der Waals surface area contributed by atoms with Gasteiger partial charge in [-0.3, -0.25) is 0 Å². The molecule has 1 atom stereocenters. The third-order valence-electron chi connectivity index (χ3n) is 4.13. The first kappa shape index (κ1) is 23.1. The SMILES string of the molecule is CCCC(C)O[SiH2]CCCN(CCCN(C)C)CCCN(C)C. The minimum Gasteiger partial charge on any atom is -0.421 e. The molecule has 4 nitrogen and oxygen atoms in total. The van der Waals surface area contributed by atoms with Gasteiger partial charge in [0.05, 0.1) is 0 Å². The molecule has 0 aliphatic rings. The molecule has 0 N–H and O–H groups in total. The molecule has 0 rings (SSSR count). The van der Waals surface area contributed by atoms with Gasteiger partial charge in [0.1, 0.15) is 0 Å². The molecule has 0 aromatic rings. The molecule has 0 fully saturated rings. The van der Waals surface area contributed by atoms with Gasteiger partial charge in [-0.2, -0.15) is 0 Å². The standard InChI is InChI=1S/C18H43N3OSi/c1-7-11-18(2)22-23-17-10-16-21(14-8-12-19(3)4)15-9-13-20(5)6/h18H,7-17,23H2,1-6H3. The van der Waals surface area contributed by atoms with Gasteiger partial charge in [0, 0.05) is 6.10 Å². The zero-order valence-corrected chi connectivity index (χ0v) is 18.2. The molecule has 0 aromatic heterocycles. The summed E-state index contributed by atoms with van der Waals surface area (Å²) in [7, 11) is 8.35. The van der Waals surface area contributed by atoms with Crippen LogP contribution in [0.5, 0.6) is 0 Å². The van der Waals surface area contributed by atoms with Crippen molar-refractivity contribution >= 4 is 9.76 Å². The third kappa shape index (κ3) is 16.7. The van der Waals surface area contributed by atoms with Crippen molar-refractivity contribution in [2.75, 3.05) is 60.9 Å². The van der Waals surface area contributed by atoms with Crippen LogP contribution in [0.1, 0.15) is 46.0 Å². The van der Waals surface area contributed by atoms with Crippen LogP contribution in [0.25, 0.3) is 0 Å². The van der Waals surface area contributed by atoms with E-state index in [1.807, 2.05) is 0 Å². The van der Waals surface area contributed by atoms with E-state index in [1.165, 1.54) is 70.9 Å². The van der Waals surface area contributed by atoms with E-state index >= 15 is 0 Å². The largest absolute Gasteiger partial charge is 0.421 e. The predicted octanol–water partition coefficient (Wildman–Crippen LogP) is 2.29. The molecule has 0 bridgehead atoms. The van der Waals surface area contributed by atoms with Crippen LogP contribution in [0.3, 0.4) is 0 Å². The Hall–Kier alpha value is 0.0569. The summed E-state index contributed by atoms with van der Waals surface area (Å²) in [6, 6.07) is 1.33. The van der Waals surface area contributed by atoms with Crippen molar-refractivity contribution in [1.29, 1.82) is 0 Å². The molecule has 0 aliphatic carbocycles. The molecule has 0 aromatic carbocycles. The summed E-state index contributed by atoms with van der Waals surface area (Å²) in [6.07, 6.45) is 6.81. The minimum absolute atomic E-state index is 0.307. The summed E-state index contributed by atoms with van der Waals surface area (Å²) in [4.78, 5) is 7.23. The first-order valence-electron chi connectivity index (χ1n) is 9.59. The summed E-state index contributed by atoms with van der Waals surface area (Å²) >= 11 is 0. The quantitative estimate of drug-likeness (QED) is 0.315. The second-order valence-corrected chi connectivity index (χ2v) is 8.78. The van der Waals surface area contributed by atoms with E-state index in [-0.39, 0.29) is 9.76 Å². The topological polar surface area (TPSA) is 19.0 Å². The Morgan fingerprint density at radius 3 is 1.83 bits per heavy atom. The lowest BCUT2D eigenvalue weighted by molar-refractivity contribution is 0.216. The van der Waals surface area contributed by atoms with E-state index in [9.17, 15) is 0 Å². The van der Waals surface area contributed by atoms with Gasteiger partial charge in [-0.15, -0.1) is 0 Å². The summed E-state index contributed by atoms with van der Waals surface area (Å²) in [5.74, 6) is 0. The van der Waals surface area contributed by atoms with Crippen LogP contribution in [0.2, 0.25) is 6.04 Å². The highest BCUT2D eigenvalue weighted by atomic mass is 28.2. The maximum atomic E-state index is 6.00. The van der Waals surface area contributed by atoms with Crippen molar-refractivity contribution < 1.29 is 4.43 Å². The molecule has 1 unspecified atom stereocenters. The lowest BCUT2D eigenvalue weighted by Crippen LogP contribution is -2.31. The summed E-state index contributed by atoms with van der Waals surface area (Å²) in [5, 5.41) is 0. The van der Waals surface area contributed by atoms with Crippen LogP contribution in [0.15, 0.2) is 0 Å². The maximum Gasteiger partial charge on any atom is 0.162 e. The molecule has 0 amide bonds. The number of hydrogen-bond acceptors (Lipinski definition) is 4. The molecule has 0 saturated carbocycles. The fourth-order valence-electron chi connectivity index (χ4n) is 2.77. The van der Waals surface area contributed by atoms with Crippen molar-refractivity contribution in [2.45, 2.75) is 58.1 Å². The van der Waals surface area contributed by atoms with Crippen LogP contribution >= 0.6 is 0 Å². The highest BCUT2D eigenvalue weighted by Gasteiger charge is 2.06. The lowest BCUT2D eigenvalue weighted by atomic mass is 10.2. The Labute approximate surface area is 148 Å². The highest BCUT2D eigenvalue weighted by molar-refractivity contribution is 6.27. The van der Waals surface area contributed by atoms with E-state index in [0.29, 0.717) is 6.10 Å². The monoisotopic (exact) mass is 345 g/mol. The Morgan fingerprint density at radius 2 is 1.35 bits per heavy atom. The van der Waals surface area contributed by atoms with Crippen molar-refractivity contribution in [3.8, 4) is 0 Å². The molecule has 0 heterocycles. The van der Waals surface area contributed by atoms with Gasteiger partial charge in [0.2, 0.25) is 0 Å². The summed E-state index contributed by atoms with van der Waals surface area (Å²) in [5.41, 5.74) is 0. The normalized spacial score (nSPS) is 14.0. The Kier molecular flexibility index (Phi) is 15.6. The minimum atomic E-state index is -0.307. The van der Waals surface area contributed by atoms with Gasteiger partial charge in [-0.25, -0.2) is 0 Å². The van der Waals surface area contributed by atoms with Gasteiger partial charge in [-0.05, 0) is 99.6 Å². The molecular formula is C18H43N3OSi.